The van der Waals surface area contributed by atoms with Gasteiger partial charge in [0.15, 0.2) is 0 Å². The van der Waals surface area contributed by atoms with Crippen molar-refractivity contribution in [3.8, 4) is 0 Å². The van der Waals surface area contributed by atoms with Crippen LogP contribution in [0.1, 0.15) is 42.4 Å². The van der Waals surface area contributed by atoms with E-state index in [-0.39, 0.29) is 45.5 Å². The van der Waals surface area contributed by atoms with Crippen LogP contribution in [0.25, 0.3) is 0 Å². The Morgan fingerprint density at radius 1 is 0.830 bits per heavy atom. The van der Waals surface area contributed by atoms with Crippen molar-refractivity contribution in [2.24, 2.45) is 0 Å². The monoisotopic (exact) mass is 711 g/mol. The minimum Gasteiger partial charge on any atom is -0.352 e. The molecule has 0 radical (unpaired) electrons. The zero-order valence-electron chi connectivity index (χ0n) is 25.9. The standard InChI is InChI=1S/C36H36Cl3N3O4S/c1-25-14-20-30(21-15-25)47(45,46)42(32-13-7-12-31(38)35(32)39)24-34(43)41(23-27-16-18-28(37)19-17-27)33(22-26-8-3-2-4-9-26)36(44)40-29-10-5-6-11-29/h2-4,7-9,12-21,29,33H,5-6,10-11,22-24H2,1H3,(H,40,44)/t33-/m0/s1. The number of carbonyl (C=O) groups excluding carboxylic acids is 2. The second kappa shape index (κ2) is 15.6. The molecule has 1 saturated carbocycles. The molecular formula is C36H36Cl3N3O4S. The Hall–Kier alpha value is -3.56. The normalized spacial score (nSPS) is 14.0. The van der Waals surface area contributed by atoms with Gasteiger partial charge in [0, 0.05) is 24.0 Å². The molecule has 0 bridgehead atoms. The molecule has 1 N–H and O–H groups in total. The Morgan fingerprint density at radius 3 is 2.15 bits per heavy atom. The third-order valence-corrected chi connectivity index (χ3v) is 11.2. The Kier molecular flexibility index (Phi) is 11.5. The molecule has 2 amide bonds. The van der Waals surface area contributed by atoms with E-state index in [9.17, 15) is 18.0 Å². The van der Waals surface area contributed by atoms with E-state index in [0.717, 1.165) is 46.7 Å². The molecule has 0 unspecified atom stereocenters. The lowest BCUT2D eigenvalue weighted by Gasteiger charge is -2.34. The van der Waals surface area contributed by atoms with Gasteiger partial charge in [-0.1, -0.05) is 114 Å². The van der Waals surface area contributed by atoms with Crippen LogP contribution in [0, 0.1) is 6.92 Å². The number of nitrogens with one attached hydrogen (secondary N) is 1. The summed E-state index contributed by atoms with van der Waals surface area (Å²) in [5.41, 5.74) is 2.51. The summed E-state index contributed by atoms with van der Waals surface area (Å²) in [4.78, 5) is 30.2. The summed E-state index contributed by atoms with van der Waals surface area (Å²) >= 11 is 19.1. The Labute approximate surface area is 291 Å². The van der Waals surface area contributed by atoms with Crippen LogP contribution in [-0.4, -0.2) is 43.8 Å². The Balaban J connectivity index is 1.58. The van der Waals surface area contributed by atoms with Crippen molar-refractivity contribution in [2.45, 2.75) is 62.6 Å². The van der Waals surface area contributed by atoms with E-state index in [1.165, 1.54) is 23.1 Å². The molecule has 47 heavy (non-hydrogen) atoms. The third-order valence-electron chi connectivity index (χ3n) is 8.33. The van der Waals surface area contributed by atoms with Gasteiger partial charge in [0.25, 0.3) is 10.0 Å². The van der Waals surface area contributed by atoms with Gasteiger partial charge >= 0.3 is 0 Å². The van der Waals surface area contributed by atoms with E-state index >= 15 is 0 Å². The van der Waals surface area contributed by atoms with Gasteiger partial charge in [-0.05, 0) is 67.3 Å². The first-order valence-corrected chi connectivity index (χ1v) is 18.0. The van der Waals surface area contributed by atoms with Gasteiger partial charge in [-0.3, -0.25) is 13.9 Å². The van der Waals surface area contributed by atoms with Gasteiger partial charge in [0.2, 0.25) is 11.8 Å². The SMILES string of the molecule is Cc1ccc(S(=O)(=O)N(CC(=O)N(Cc2ccc(Cl)cc2)[C@@H](Cc2ccccc2)C(=O)NC2CCCC2)c2cccc(Cl)c2Cl)cc1. The number of halogens is 3. The van der Waals surface area contributed by atoms with Crippen molar-refractivity contribution in [2.75, 3.05) is 10.8 Å². The highest BCUT2D eigenvalue weighted by Crippen LogP contribution is 2.36. The highest BCUT2D eigenvalue weighted by molar-refractivity contribution is 7.92. The topological polar surface area (TPSA) is 86.8 Å². The van der Waals surface area contributed by atoms with Crippen molar-refractivity contribution in [1.29, 1.82) is 0 Å². The number of hydrogen-bond acceptors (Lipinski definition) is 4. The zero-order chi connectivity index (χ0) is 33.6. The van der Waals surface area contributed by atoms with E-state index in [1.807, 2.05) is 37.3 Å². The second-order valence-corrected chi connectivity index (χ2v) is 14.8. The van der Waals surface area contributed by atoms with Gasteiger partial charge in [-0.25, -0.2) is 8.42 Å². The molecule has 0 aliphatic heterocycles. The molecule has 5 rings (SSSR count). The largest absolute Gasteiger partial charge is 0.352 e. The zero-order valence-corrected chi connectivity index (χ0v) is 29.0. The molecule has 11 heteroatoms. The van der Waals surface area contributed by atoms with Crippen LogP contribution < -0.4 is 9.62 Å². The van der Waals surface area contributed by atoms with Crippen LogP contribution in [0.5, 0.6) is 0 Å². The van der Waals surface area contributed by atoms with Gasteiger partial charge < -0.3 is 10.2 Å². The minimum atomic E-state index is -4.32. The molecule has 0 heterocycles. The summed E-state index contributed by atoms with van der Waals surface area (Å²) in [6.07, 6.45) is 4.00. The lowest BCUT2D eigenvalue weighted by atomic mass is 10.0. The first kappa shape index (κ1) is 34.8. The Bertz CT molecular complexity index is 1800. The van der Waals surface area contributed by atoms with E-state index in [2.05, 4.69) is 5.32 Å². The molecule has 1 atom stereocenters. The molecule has 0 spiro atoms. The number of benzene rings is 4. The van der Waals surface area contributed by atoms with Crippen molar-refractivity contribution in [3.63, 3.8) is 0 Å². The van der Waals surface area contributed by atoms with Crippen LogP contribution in [0.4, 0.5) is 5.69 Å². The van der Waals surface area contributed by atoms with E-state index in [1.54, 1.807) is 48.5 Å². The van der Waals surface area contributed by atoms with Crippen molar-refractivity contribution in [3.05, 3.63) is 129 Å². The first-order valence-electron chi connectivity index (χ1n) is 15.4. The number of sulfonamides is 1. The maximum Gasteiger partial charge on any atom is 0.264 e. The first-order chi connectivity index (χ1) is 22.5. The summed E-state index contributed by atoms with van der Waals surface area (Å²) in [5.74, 6) is -0.883. The number of carbonyl (C=O) groups is 2. The fourth-order valence-corrected chi connectivity index (χ4v) is 7.74. The maximum absolute atomic E-state index is 14.6. The van der Waals surface area contributed by atoms with Gasteiger partial charge in [0.1, 0.15) is 12.6 Å². The van der Waals surface area contributed by atoms with Crippen LogP contribution in [0.15, 0.2) is 102 Å². The van der Waals surface area contributed by atoms with Crippen LogP contribution in [0.3, 0.4) is 0 Å². The number of aryl methyl sites for hydroxylation is 1. The maximum atomic E-state index is 14.6. The number of hydrogen-bond donors (Lipinski definition) is 1. The lowest BCUT2D eigenvalue weighted by Crippen LogP contribution is -2.54. The molecule has 4 aromatic carbocycles. The second-order valence-electron chi connectivity index (χ2n) is 11.7. The molecule has 4 aromatic rings. The fraction of sp³-hybridized carbons (Fsp3) is 0.278. The average molecular weight is 713 g/mol. The predicted octanol–water partition coefficient (Wildman–Crippen LogP) is 7.85. The molecule has 246 valence electrons. The van der Waals surface area contributed by atoms with E-state index in [0.29, 0.717) is 5.02 Å². The van der Waals surface area contributed by atoms with Crippen molar-refractivity contribution < 1.29 is 18.0 Å². The lowest BCUT2D eigenvalue weighted by molar-refractivity contribution is -0.140. The van der Waals surface area contributed by atoms with Crippen LogP contribution in [0.2, 0.25) is 15.1 Å². The van der Waals surface area contributed by atoms with Crippen LogP contribution in [-0.2, 0) is 32.6 Å². The average Bonchev–Trinajstić information content (AvgIpc) is 3.57. The summed E-state index contributed by atoms with van der Waals surface area (Å²) in [7, 11) is -4.32. The molecule has 1 aliphatic carbocycles. The molecule has 1 aliphatic rings. The Morgan fingerprint density at radius 2 is 1.49 bits per heavy atom. The summed E-state index contributed by atoms with van der Waals surface area (Å²) in [6.45, 7) is 1.25. The highest BCUT2D eigenvalue weighted by Gasteiger charge is 2.36. The molecule has 0 saturated heterocycles. The number of nitrogens with zero attached hydrogens (tertiary/aromatic N) is 2. The molecule has 7 nitrogen and oxygen atoms in total. The van der Waals surface area contributed by atoms with E-state index < -0.39 is 28.5 Å². The highest BCUT2D eigenvalue weighted by atomic mass is 35.5. The molecular weight excluding hydrogens is 677 g/mol. The predicted molar refractivity (Wildman–Crippen MR) is 189 cm³/mol. The number of anilines is 1. The third kappa shape index (κ3) is 8.68. The number of amides is 2. The smallest absolute Gasteiger partial charge is 0.264 e. The molecule has 0 aromatic heterocycles. The summed E-state index contributed by atoms with van der Waals surface area (Å²) in [6, 6.07) is 26.5. The minimum absolute atomic E-state index is 0.0111. The van der Waals surface area contributed by atoms with Crippen molar-refractivity contribution >= 4 is 62.3 Å². The summed E-state index contributed by atoms with van der Waals surface area (Å²) < 4.78 is 29.5. The fourth-order valence-electron chi connectivity index (χ4n) is 5.74. The van der Waals surface area contributed by atoms with Gasteiger partial charge in [-0.15, -0.1) is 0 Å². The van der Waals surface area contributed by atoms with Crippen LogP contribution >= 0.6 is 34.8 Å². The quantitative estimate of drug-likeness (QED) is 0.162. The van der Waals surface area contributed by atoms with Gasteiger partial charge in [0.05, 0.1) is 20.6 Å². The van der Waals surface area contributed by atoms with Crippen molar-refractivity contribution in [1.82, 2.24) is 10.2 Å². The van der Waals surface area contributed by atoms with Gasteiger partial charge in [-0.2, -0.15) is 0 Å². The van der Waals surface area contributed by atoms with E-state index in [4.69, 9.17) is 34.8 Å². The summed E-state index contributed by atoms with van der Waals surface area (Å²) in [5, 5.41) is 3.82. The number of rotatable bonds is 12. The molecule has 1 fully saturated rings.